The average molecular weight is 653 g/mol. The highest BCUT2D eigenvalue weighted by atomic mass is 16.3. The summed E-state index contributed by atoms with van der Waals surface area (Å²) in [7, 11) is 0. The Morgan fingerprint density at radius 2 is 0.863 bits per heavy atom. The van der Waals surface area contributed by atoms with Gasteiger partial charge >= 0.3 is 6.71 Å². The molecule has 11 rings (SSSR count). The smallest absolute Gasteiger partial charge is 0.342 e. The molecule has 2 aliphatic rings. The summed E-state index contributed by atoms with van der Waals surface area (Å²) in [5, 5.41) is 2.15. The molecule has 7 aromatic carbocycles. The zero-order chi connectivity index (χ0) is 33.5. The third-order valence-corrected chi connectivity index (χ3v) is 10.5. The molecule has 0 fully saturated rings. The van der Waals surface area contributed by atoms with E-state index in [1.165, 1.54) is 11.1 Å². The van der Waals surface area contributed by atoms with Gasteiger partial charge in [0.25, 0.3) is 0 Å². The van der Waals surface area contributed by atoms with Crippen molar-refractivity contribution in [2.45, 2.75) is 0 Å². The normalized spacial score (nSPS) is 13.0. The molecule has 0 unspecified atom stereocenters. The van der Waals surface area contributed by atoms with Gasteiger partial charge in [0.2, 0.25) is 0 Å². The third-order valence-electron chi connectivity index (χ3n) is 10.5. The van der Waals surface area contributed by atoms with Crippen molar-refractivity contribution < 1.29 is 8.83 Å². The van der Waals surface area contributed by atoms with Gasteiger partial charge in [-0.05, 0) is 76.8 Å². The Kier molecular flexibility index (Phi) is 6.01. The fourth-order valence-corrected chi connectivity index (χ4v) is 8.29. The first-order chi connectivity index (χ1) is 25.3. The predicted octanol–water partition coefficient (Wildman–Crippen LogP) is 10.6. The minimum atomic E-state index is -0.249. The van der Waals surface area contributed by atoms with Crippen LogP contribution in [0.2, 0.25) is 0 Å². The van der Waals surface area contributed by atoms with Crippen molar-refractivity contribution in [1.82, 2.24) is 0 Å². The lowest BCUT2D eigenvalue weighted by molar-refractivity contribution is 0.637. The van der Waals surface area contributed by atoms with Crippen LogP contribution < -0.4 is 26.6 Å². The minimum Gasteiger partial charge on any atom is -0.468 e. The van der Waals surface area contributed by atoms with E-state index in [4.69, 9.17) is 8.83 Å². The standard InChI is InChI=1S/C46H29BN2O2/c1-3-14-30(15-4-1)31-26-28-33(29-27-31)48-38-22-13-23-39-42(38)47(45-43(48)35-19-8-11-24-40(35)50-45)46-44(36-20-9-12-25-41(36)51-46)49(39)37-21-10-7-18-34(37)32-16-5-2-6-17-32/h1-29H. The zero-order valence-electron chi connectivity index (χ0n) is 27.5. The van der Waals surface area contributed by atoms with E-state index in [1.807, 2.05) is 12.1 Å². The molecule has 51 heavy (non-hydrogen) atoms. The Morgan fingerprint density at radius 1 is 0.373 bits per heavy atom. The number of furan rings is 2. The van der Waals surface area contributed by atoms with E-state index < -0.39 is 0 Å². The first-order valence-electron chi connectivity index (χ1n) is 17.4. The highest BCUT2D eigenvalue weighted by Crippen LogP contribution is 2.49. The molecule has 2 aliphatic heterocycles. The molecule has 0 bridgehead atoms. The van der Waals surface area contributed by atoms with Crippen molar-refractivity contribution in [2.24, 2.45) is 0 Å². The maximum atomic E-state index is 6.98. The number of fused-ring (bicyclic) bond motifs is 8. The molecule has 4 heterocycles. The second-order valence-electron chi connectivity index (χ2n) is 13.2. The molecule has 0 saturated heterocycles. The highest BCUT2D eigenvalue weighted by Gasteiger charge is 2.49. The SMILES string of the molecule is c1ccc(-c2ccc(N3c4cccc5c4B(c4oc6ccccc6c43)c3oc4ccccc4c3N5c3ccccc3-c3ccccc3)cc2)cc1. The molecular formula is C46H29BN2O2. The van der Waals surface area contributed by atoms with Crippen molar-refractivity contribution in [1.29, 1.82) is 0 Å². The lowest BCUT2D eigenvalue weighted by Gasteiger charge is -2.41. The number of hydrogen-bond donors (Lipinski definition) is 0. The Bertz CT molecular complexity index is 2770. The van der Waals surface area contributed by atoms with E-state index in [-0.39, 0.29) is 6.71 Å². The Morgan fingerprint density at radius 3 is 1.53 bits per heavy atom. The molecule has 0 radical (unpaired) electrons. The monoisotopic (exact) mass is 652 g/mol. The number of benzene rings is 7. The maximum absolute atomic E-state index is 6.98. The summed E-state index contributed by atoms with van der Waals surface area (Å²) in [5.74, 6) is 0. The summed E-state index contributed by atoms with van der Waals surface area (Å²) < 4.78 is 13.9. The van der Waals surface area contributed by atoms with Gasteiger partial charge in [-0.3, -0.25) is 0 Å². The summed E-state index contributed by atoms with van der Waals surface area (Å²) in [4.78, 5) is 4.81. The van der Waals surface area contributed by atoms with Crippen LogP contribution >= 0.6 is 0 Å². The molecule has 0 N–H and O–H groups in total. The fraction of sp³-hybridized carbons (Fsp3) is 0. The molecule has 0 aliphatic carbocycles. The summed E-state index contributed by atoms with van der Waals surface area (Å²) in [5.41, 5.74) is 15.8. The van der Waals surface area contributed by atoms with E-state index in [1.54, 1.807) is 0 Å². The quantitative estimate of drug-likeness (QED) is 0.177. The van der Waals surface area contributed by atoms with Crippen LogP contribution in [0.15, 0.2) is 185 Å². The Balaban J connectivity index is 1.21. The van der Waals surface area contributed by atoms with Gasteiger partial charge in [-0.15, -0.1) is 0 Å². The first-order valence-corrected chi connectivity index (χ1v) is 17.4. The topological polar surface area (TPSA) is 32.8 Å². The number of para-hydroxylation sites is 3. The Hall–Kier alpha value is -6.72. The lowest BCUT2D eigenvalue weighted by atomic mass is 9.37. The van der Waals surface area contributed by atoms with Crippen LogP contribution in [0.4, 0.5) is 34.1 Å². The molecule has 4 nitrogen and oxygen atoms in total. The highest BCUT2D eigenvalue weighted by molar-refractivity contribution is 6.99. The van der Waals surface area contributed by atoms with E-state index in [0.717, 1.165) is 84.0 Å². The van der Waals surface area contributed by atoms with Crippen LogP contribution in [0.25, 0.3) is 44.2 Å². The van der Waals surface area contributed by atoms with E-state index in [9.17, 15) is 0 Å². The molecule has 0 atom stereocenters. The van der Waals surface area contributed by atoms with Gasteiger partial charge in [-0.2, -0.15) is 0 Å². The van der Waals surface area contributed by atoms with Gasteiger partial charge in [0.1, 0.15) is 22.5 Å². The maximum Gasteiger partial charge on any atom is 0.342 e. The molecule has 2 aromatic heterocycles. The number of hydrogen-bond acceptors (Lipinski definition) is 4. The number of nitrogens with zero attached hydrogens (tertiary/aromatic N) is 2. The van der Waals surface area contributed by atoms with Crippen molar-refractivity contribution in [3.8, 4) is 22.3 Å². The molecule has 0 amide bonds. The van der Waals surface area contributed by atoms with Gasteiger partial charge in [0.05, 0.1) is 17.1 Å². The molecule has 5 heteroatoms. The van der Waals surface area contributed by atoms with Crippen LogP contribution in [-0.2, 0) is 0 Å². The van der Waals surface area contributed by atoms with Crippen LogP contribution in [0.5, 0.6) is 0 Å². The third kappa shape index (κ3) is 4.09. The summed E-state index contributed by atoms with van der Waals surface area (Å²) in [6.45, 7) is -0.249. The van der Waals surface area contributed by atoms with Crippen molar-refractivity contribution in [3.05, 3.63) is 176 Å². The van der Waals surface area contributed by atoms with E-state index in [0.29, 0.717) is 0 Å². The summed E-state index contributed by atoms with van der Waals surface area (Å²) in [6, 6.07) is 62.2. The predicted molar refractivity (Wildman–Crippen MR) is 211 cm³/mol. The molecule has 0 saturated carbocycles. The largest absolute Gasteiger partial charge is 0.468 e. The van der Waals surface area contributed by atoms with Crippen molar-refractivity contribution >= 4 is 79.6 Å². The second kappa shape index (κ2) is 10.9. The van der Waals surface area contributed by atoms with Crippen LogP contribution in [-0.4, -0.2) is 6.71 Å². The van der Waals surface area contributed by atoms with Gasteiger partial charge in [-0.1, -0.05) is 121 Å². The molecular weight excluding hydrogens is 623 g/mol. The van der Waals surface area contributed by atoms with Gasteiger partial charge in [0.15, 0.2) is 0 Å². The number of rotatable bonds is 4. The molecule has 9 aromatic rings. The van der Waals surface area contributed by atoms with Crippen molar-refractivity contribution in [3.63, 3.8) is 0 Å². The van der Waals surface area contributed by atoms with Gasteiger partial charge in [0, 0.05) is 33.4 Å². The van der Waals surface area contributed by atoms with Crippen LogP contribution in [0.1, 0.15) is 0 Å². The van der Waals surface area contributed by atoms with Crippen LogP contribution in [0, 0.1) is 0 Å². The minimum absolute atomic E-state index is 0.249. The zero-order valence-corrected chi connectivity index (χ0v) is 27.5. The molecule has 0 spiro atoms. The first kappa shape index (κ1) is 28.2. The van der Waals surface area contributed by atoms with Gasteiger partial charge < -0.3 is 18.6 Å². The second-order valence-corrected chi connectivity index (χ2v) is 13.2. The van der Waals surface area contributed by atoms with E-state index >= 15 is 0 Å². The van der Waals surface area contributed by atoms with E-state index in [2.05, 4.69) is 174 Å². The van der Waals surface area contributed by atoms with Gasteiger partial charge in [-0.25, -0.2) is 0 Å². The lowest BCUT2D eigenvalue weighted by Crippen LogP contribution is -2.60. The summed E-state index contributed by atoms with van der Waals surface area (Å²) in [6.07, 6.45) is 0. The molecule has 238 valence electrons. The average Bonchev–Trinajstić information content (AvgIpc) is 3.78. The van der Waals surface area contributed by atoms with Crippen molar-refractivity contribution in [2.75, 3.05) is 9.80 Å². The van der Waals surface area contributed by atoms with Crippen LogP contribution in [0.3, 0.4) is 0 Å². The Labute approximate surface area is 295 Å². The summed E-state index contributed by atoms with van der Waals surface area (Å²) >= 11 is 0. The fourth-order valence-electron chi connectivity index (χ4n) is 8.29. The number of anilines is 6.